The number of halogens is 3. The van der Waals surface area contributed by atoms with Gasteiger partial charge in [-0.25, -0.2) is 0 Å². The third-order valence-corrected chi connectivity index (χ3v) is 3.94. The molecule has 0 aliphatic heterocycles. The van der Waals surface area contributed by atoms with Crippen molar-refractivity contribution in [3.63, 3.8) is 0 Å². The third kappa shape index (κ3) is 8.27. The number of nitrogens with one attached hydrogen (secondary N) is 1. The monoisotopic (exact) mass is 443 g/mol. The van der Waals surface area contributed by atoms with Crippen molar-refractivity contribution in [2.75, 3.05) is 5.32 Å². The van der Waals surface area contributed by atoms with E-state index in [0.717, 1.165) is 12.1 Å². The Morgan fingerprint density at radius 1 is 1.16 bits per heavy atom. The van der Waals surface area contributed by atoms with Gasteiger partial charge in [-0.2, -0.15) is 4.98 Å². The summed E-state index contributed by atoms with van der Waals surface area (Å²) in [7, 11) is 0. The van der Waals surface area contributed by atoms with E-state index in [-0.39, 0.29) is 17.5 Å². The minimum Gasteiger partial charge on any atom is -0.453 e. The number of alkyl halides is 3. The van der Waals surface area contributed by atoms with Crippen LogP contribution in [-0.2, 0) is 26.2 Å². The molecule has 0 spiro atoms. The quantitative estimate of drug-likeness (QED) is 0.611. The van der Waals surface area contributed by atoms with Crippen molar-refractivity contribution in [2.45, 2.75) is 64.8 Å². The molecular weight excluding hydrogens is 419 g/mol. The molecule has 0 saturated carbocycles. The zero-order valence-electron chi connectivity index (χ0n) is 17.6. The van der Waals surface area contributed by atoms with Gasteiger partial charge in [0.05, 0.1) is 0 Å². The van der Waals surface area contributed by atoms with Gasteiger partial charge in [-0.1, -0.05) is 25.9 Å². The number of hydrogen-bond donors (Lipinski definition) is 1. The number of esters is 1. The van der Waals surface area contributed by atoms with Crippen molar-refractivity contribution >= 4 is 17.6 Å². The predicted octanol–water partition coefficient (Wildman–Crippen LogP) is 4.16. The van der Waals surface area contributed by atoms with Crippen LogP contribution in [0.5, 0.6) is 5.75 Å². The highest BCUT2D eigenvalue weighted by Crippen LogP contribution is 2.24. The third-order valence-electron chi connectivity index (χ3n) is 3.94. The maximum Gasteiger partial charge on any atom is 0.573 e. The van der Waals surface area contributed by atoms with E-state index in [1.165, 1.54) is 19.1 Å². The zero-order valence-corrected chi connectivity index (χ0v) is 17.6. The van der Waals surface area contributed by atoms with Gasteiger partial charge >= 0.3 is 12.3 Å². The van der Waals surface area contributed by atoms with Crippen LogP contribution in [-0.4, -0.2) is 34.5 Å². The van der Waals surface area contributed by atoms with E-state index in [9.17, 15) is 22.8 Å². The van der Waals surface area contributed by atoms with Crippen molar-refractivity contribution in [1.29, 1.82) is 0 Å². The molecule has 1 atom stereocenters. The van der Waals surface area contributed by atoms with Gasteiger partial charge in [0.25, 0.3) is 5.91 Å². The number of amides is 1. The SMILES string of the molecule is CC(OC(=O)CCCc1nc(C(C)(C)C)no1)C(=O)Nc1ccc(OC(F)(F)F)cc1. The number of carbonyl (C=O) groups is 2. The van der Waals surface area contributed by atoms with E-state index in [2.05, 4.69) is 20.2 Å². The number of carbonyl (C=O) groups excluding carboxylic acids is 2. The normalized spacial score (nSPS) is 12.9. The number of hydrogen-bond acceptors (Lipinski definition) is 7. The van der Waals surface area contributed by atoms with E-state index in [1.807, 2.05) is 20.8 Å². The zero-order chi connectivity index (χ0) is 23.2. The van der Waals surface area contributed by atoms with Crippen molar-refractivity contribution < 1.29 is 36.8 Å². The van der Waals surface area contributed by atoms with E-state index in [1.54, 1.807) is 0 Å². The molecule has 0 fully saturated rings. The second-order valence-corrected chi connectivity index (χ2v) is 7.81. The average Bonchev–Trinajstić information content (AvgIpc) is 3.11. The first-order valence-electron chi connectivity index (χ1n) is 9.53. The Bertz CT molecular complexity index is 889. The highest BCUT2D eigenvalue weighted by atomic mass is 19.4. The highest BCUT2D eigenvalue weighted by Gasteiger charge is 2.31. The van der Waals surface area contributed by atoms with E-state index < -0.39 is 30.1 Å². The Morgan fingerprint density at radius 3 is 2.35 bits per heavy atom. The molecule has 1 N–H and O–H groups in total. The molecule has 170 valence electrons. The summed E-state index contributed by atoms with van der Waals surface area (Å²) < 4.78 is 50.5. The summed E-state index contributed by atoms with van der Waals surface area (Å²) in [6.07, 6.45) is -5.04. The van der Waals surface area contributed by atoms with Gasteiger partial charge in [-0.3, -0.25) is 9.59 Å². The number of aromatic nitrogens is 2. The molecule has 11 heteroatoms. The summed E-state index contributed by atoms with van der Waals surface area (Å²) in [4.78, 5) is 28.3. The molecule has 0 aliphatic carbocycles. The minimum atomic E-state index is -4.80. The number of rotatable bonds is 8. The molecule has 31 heavy (non-hydrogen) atoms. The second-order valence-electron chi connectivity index (χ2n) is 7.81. The lowest BCUT2D eigenvalue weighted by molar-refractivity contribution is -0.274. The van der Waals surface area contributed by atoms with Crippen LogP contribution in [0.15, 0.2) is 28.8 Å². The predicted molar refractivity (Wildman–Crippen MR) is 103 cm³/mol. The van der Waals surface area contributed by atoms with Crippen molar-refractivity contribution in [3.05, 3.63) is 36.0 Å². The lowest BCUT2D eigenvalue weighted by Crippen LogP contribution is -2.29. The van der Waals surface area contributed by atoms with Gasteiger partial charge < -0.3 is 19.3 Å². The maximum absolute atomic E-state index is 12.2. The molecule has 8 nitrogen and oxygen atoms in total. The molecular formula is C20H24F3N3O5. The first kappa shape index (κ1) is 24.2. The molecule has 2 rings (SSSR count). The molecule has 2 aromatic rings. The molecule has 0 radical (unpaired) electrons. The Labute approximate surface area is 177 Å². The van der Waals surface area contributed by atoms with E-state index >= 15 is 0 Å². The van der Waals surface area contributed by atoms with Gasteiger partial charge in [-0.05, 0) is 37.6 Å². The summed E-state index contributed by atoms with van der Waals surface area (Å²) in [5.74, 6) is -0.618. The Balaban J connectivity index is 1.75. The first-order valence-corrected chi connectivity index (χ1v) is 9.53. The average molecular weight is 443 g/mol. The van der Waals surface area contributed by atoms with Crippen LogP contribution in [0.1, 0.15) is 52.3 Å². The molecule has 0 aliphatic rings. The number of benzene rings is 1. The van der Waals surface area contributed by atoms with Crippen molar-refractivity contribution in [3.8, 4) is 5.75 Å². The Hall–Kier alpha value is -3.11. The summed E-state index contributed by atoms with van der Waals surface area (Å²) in [6.45, 7) is 7.25. The molecule has 0 bridgehead atoms. The van der Waals surface area contributed by atoms with Gasteiger partial charge in [0, 0.05) is 23.9 Å². The number of aryl methyl sites for hydroxylation is 1. The lowest BCUT2D eigenvalue weighted by atomic mass is 9.96. The topological polar surface area (TPSA) is 104 Å². The fraction of sp³-hybridized carbons (Fsp3) is 0.500. The van der Waals surface area contributed by atoms with Crippen LogP contribution < -0.4 is 10.1 Å². The van der Waals surface area contributed by atoms with Crippen LogP contribution >= 0.6 is 0 Å². The largest absolute Gasteiger partial charge is 0.573 e. The smallest absolute Gasteiger partial charge is 0.453 e. The molecule has 1 aromatic heterocycles. The molecule has 1 amide bonds. The summed E-state index contributed by atoms with van der Waals surface area (Å²) in [5, 5.41) is 6.35. The summed E-state index contributed by atoms with van der Waals surface area (Å²) in [5.41, 5.74) is -0.0109. The lowest BCUT2D eigenvalue weighted by Gasteiger charge is -2.14. The summed E-state index contributed by atoms with van der Waals surface area (Å²) >= 11 is 0. The highest BCUT2D eigenvalue weighted by molar-refractivity contribution is 5.95. The molecule has 1 aromatic carbocycles. The fourth-order valence-corrected chi connectivity index (χ4v) is 2.34. The molecule has 1 heterocycles. The van der Waals surface area contributed by atoms with E-state index in [0.29, 0.717) is 24.6 Å². The van der Waals surface area contributed by atoms with Gasteiger partial charge in [0.2, 0.25) is 5.89 Å². The second kappa shape index (κ2) is 9.80. The number of anilines is 1. The number of nitrogens with zero attached hydrogens (tertiary/aromatic N) is 2. The maximum atomic E-state index is 12.2. The van der Waals surface area contributed by atoms with Crippen LogP contribution in [0, 0.1) is 0 Å². The fourth-order valence-electron chi connectivity index (χ4n) is 2.34. The van der Waals surface area contributed by atoms with Crippen LogP contribution in [0.25, 0.3) is 0 Å². The Morgan fingerprint density at radius 2 is 1.81 bits per heavy atom. The summed E-state index contributed by atoms with van der Waals surface area (Å²) in [6, 6.07) is 4.60. The van der Waals surface area contributed by atoms with Crippen LogP contribution in [0.2, 0.25) is 0 Å². The standard InChI is InChI=1S/C20H24F3N3O5/c1-12(17(28)24-13-8-10-14(11-9-13)30-20(21,22)23)29-16(27)7-5-6-15-25-18(26-31-15)19(2,3)4/h8-12H,5-7H2,1-4H3,(H,24,28). The van der Waals surface area contributed by atoms with Crippen molar-refractivity contribution in [2.24, 2.45) is 0 Å². The van der Waals surface area contributed by atoms with Crippen LogP contribution in [0.3, 0.4) is 0 Å². The minimum absolute atomic E-state index is 0.0499. The van der Waals surface area contributed by atoms with E-state index in [4.69, 9.17) is 9.26 Å². The van der Waals surface area contributed by atoms with Crippen LogP contribution in [0.4, 0.5) is 18.9 Å². The van der Waals surface area contributed by atoms with Gasteiger partial charge in [-0.15, -0.1) is 13.2 Å². The Kier molecular flexibility index (Phi) is 7.64. The van der Waals surface area contributed by atoms with Gasteiger partial charge in [0.1, 0.15) is 5.75 Å². The molecule has 0 saturated heterocycles. The van der Waals surface area contributed by atoms with Gasteiger partial charge in [0.15, 0.2) is 11.9 Å². The number of ether oxygens (including phenoxy) is 2. The molecule has 1 unspecified atom stereocenters. The van der Waals surface area contributed by atoms with Crippen molar-refractivity contribution in [1.82, 2.24) is 10.1 Å². The first-order chi connectivity index (χ1) is 14.3.